The molecule has 1 N–H and O–H groups in total. The minimum Gasteiger partial charge on any atom is -0.322 e. The number of aryl methyl sites for hydroxylation is 2. The van der Waals surface area contributed by atoms with Crippen molar-refractivity contribution < 1.29 is 9.18 Å². The molecule has 0 aliphatic heterocycles. The summed E-state index contributed by atoms with van der Waals surface area (Å²) in [6.45, 7) is 1.85. The number of hydrogen-bond acceptors (Lipinski definition) is 5. The van der Waals surface area contributed by atoms with Crippen molar-refractivity contribution in [3.8, 4) is 5.69 Å². The molecule has 4 aromatic rings. The molecule has 8 nitrogen and oxygen atoms in total. The highest BCUT2D eigenvalue weighted by Crippen LogP contribution is 2.20. The van der Waals surface area contributed by atoms with Crippen molar-refractivity contribution in [2.75, 3.05) is 5.32 Å². The summed E-state index contributed by atoms with van der Waals surface area (Å²) in [4.78, 5) is 20.5. The lowest BCUT2D eigenvalue weighted by Crippen LogP contribution is -2.13. The Hall–Kier alpha value is -3.62. The second kappa shape index (κ2) is 6.03. The Morgan fingerprint density at radius 3 is 2.85 bits per heavy atom. The lowest BCUT2D eigenvalue weighted by atomic mass is 10.2. The summed E-state index contributed by atoms with van der Waals surface area (Å²) >= 11 is 0. The summed E-state index contributed by atoms with van der Waals surface area (Å²) in [5.74, 6) is -0.902. The number of aromatic nitrogens is 6. The van der Waals surface area contributed by atoms with Gasteiger partial charge in [0.15, 0.2) is 11.5 Å². The molecular formula is C17H14FN7O. The summed E-state index contributed by atoms with van der Waals surface area (Å²) in [6.07, 6.45) is 4.19. The van der Waals surface area contributed by atoms with Gasteiger partial charge in [-0.25, -0.2) is 19.0 Å². The first-order chi connectivity index (χ1) is 12.5. The molecule has 0 atom stereocenters. The minimum atomic E-state index is -0.523. The number of halogens is 1. The molecule has 0 fully saturated rings. The molecule has 1 amide bonds. The average molecular weight is 351 g/mol. The largest absolute Gasteiger partial charge is 0.322 e. The number of carbonyl (C=O) groups excluding carboxylic acids is 1. The predicted octanol–water partition coefficient (Wildman–Crippen LogP) is 2.25. The van der Waals surface area contributed by atoms with Gasteiger partial charge in [0.25, 0.3) is 5.91 Å². The maximum absolute atomic E-state index is 14.3. The van der Waals surface area contributed by atoms with E-state index in [4.69, 9.17) is 0 Å². The molecule has 1 aromatic carbocycles. The molecule has 0 unspecified atom stereocenters. The molecule has 3 heterocycles. The summed E-state index contributed by atoms with van der Waals surface area (Å²) in [5, 5.41) is 11.6. The number of nitrogens with zero attached hydrogens (tertiary/aromatic N) is 6. The Morgan fingerprint density at radius 1 is 1.27 bits per heavy atom. The van der Waals surface area contributed by atoms with Gasteiger partial charge >= 0.3 is 0 Å². The topological polar surface area (TPSA) is 90.5 Å². The van der Waals surface area contributed by atoms with E-state index in [1.54, 1.807) is 23.9 Å². The molecule has 0 radical (unpaired) electrons. The van der Waals surface area contributed by atoms with Crippen molar-refractivity contribution in [2.45, 2.75) is 6.92 Å². The van der Waals surface area contributed by atoms with Crippen LogP contribution in [0.25, 0.3) is 16.7 Å². The summed E-state index contributed by atoms with van der Waals surface area (Å²) in [5.41, 5.74) is 2.43. The van der Waals surface area contributed by atoms with Crippen molar-refractivity contribution in [1.29, 1.82) is 0 Å². The Kier molecular flexibility index (Phi) is 3.68. The lowest BCUT2D eigenvalue weighted by Gasteiger charge is -2.08. The van der Waals surface area contributed by atoms with E-state index in [1.165, 1.54) is 35.7 Å². The molecule has 0 bridgehead atoms. The zero-order valence-electron chi connectivity index (χ0n) is 14.0. The first-order valence-corrected chi connectivity index (χ1v) is 7.78. The van der Waals surface area contributed by atoms with Gasteiger partial charge in [-0.3, -0.25) is 9.48 Å². The number of rotatable bonds is 3. The summed E-state index contributed by atoms with van der Waals surface area (Å²) in [6, 6.07) is 6.07. The van der Waals surface area contributed by atoms with Crippen LogP contribution in [-0.4, -0.2) is 35.4 Å². The average Bonchev–Trinajstić information content (AvgIpc) is 3.24. The van der Waals surface area contributed by atoms with Crippen LogP contribution in [0.3, 0.4) is 0 Å². The van der Waals surface area contributed by atoms with Crippen LogP contribution in [0.5, 0.6) is 0 Å². The highest BCUT2D eigenvalue weighted by molar-refractivity contribution is 6.05. The van der Waals surface area contributed by atoms with E-state index >= 15 is 0 Å². The second-order valence-electron chi connectivity index (χ2n) is 5.76. The number of anilines is 1. The number of nitrogens with one attached hydrogen (secondary N) is 1. The molecule has 9 heteroatoms. The van der Waals surface area contributed by atoms with Gasteiger partial charge in [-0.2, -0.15) is 10.2 Å². The Labute approximate surface area is 147 Å². The zero-order chi connectivity index (χ0) is 18.3. The zero-order valence-corrected chi connectivity index (χ0v) is 14.0. The molecule has 130 valence electrons. The van der Waals surface area contributed by atoms with Crippen LogP contribution in [0.15, 0.2) is 43.1 Å². The minimum absolute atomic E-state index is 0.245. The number of benzene rings is 1. The number of hydrogen-bond donors (Lipinski definition) is 1. The second-order valence-corrected chi connectivity index (χ2v) is 5.76. The van der Waals surface area contributed by atoms with Gasteiger partial charge in [0.2, 0.25) is 0 Å². The standard InChI is InChI=1S/C17H14FN7O/c1-10-13-5-11(7-20-16(13)24(2)23-10)17(26)22-12-3-4-15(14(18)6-12)25-9-19-8-21-25/h3-9H,1-2H3,(H,22,26). The quantitative estimate of drug-likeness (QED) is 0.611. The molecule has 26 heavy (non-hydrogen) atoms. The van der Waals surface area contributed by atoms with E-state index < -0.39 is 5.82 Å². The van der Waals surface area contributed by atoms with Gasteiger partial charge in [-0.05, 0) is 31.2 Å². The van der Waals surface area contributed by atoms with Crippen molar-refractivity contribution in [3.05, 3.63) is 60.2 Å². The monoisotopic (exact) mass is 351 g/mol. The fraction of sp³-hybridized carbons (Fsp3) is 0.118. The van der Waals surface area contributed by atoms with Gasteiger partial charge < -0.3 is 5.32 Å². The molecule has 4 rings (SSSR count). The van der Waals surface area contributed by atoms with Crippen LogP contribution in [0.2, 0.25) is 0 Å². The maximum Gasteiger partial charge on any atom is 0.257 e. The van der Waals surface area contributed by atoms with E-state index in [-0.39, 0.29) is 11.6 Å². The predicted molar refractivity (Wildman–Crippen MR) is 92.5 cm³/mol. The highest BCUT2D eigenvalue weighted by atomic mass is 19.1. The van der Waals surface area contributed by atoms with Crippen molar-refractivity contribution in [2.24, 2.45) is 7.05 Å². The van der Waals surface area contributed by atoms with Crippen LogP contribution < -0.4 is 5.32 Å². The molecule has 0 spiro atoms. The van der Waals surface area contributed by atoms with Crippen molar-refractivity contribution >= 4 is 22.6 Å². The first kappa shape index (κ1) is 15.9. The summed E-state index contributed by atoms with van der Waals surface area (Å²) < 4.78 is 17.2. The molecule has 0 saturated carbocycles. The Bertz CT molecular complexity index is 1120. The van der Waals surface area contributed by atoms with Crippen molar-refractivity contribution in [1.82, 2.24) is 29.5 Å². The Morgan fingerprint density at radius 2 is 2.12 bits per heavy atom. The Balaban J connectivity index is 1.60. The van der Waals surface area contributed by atoms with Gasteiger partial charge in [0.1, 0.15) is 18.3 Å². The van der Waals surface area contributed by atoms with E-state index in [0.29, 0.717) is 16.9 Å². The third-order valence-corrected chi connectivity index (χ3v) is 4.00. The van der Waals surface area contributed by atoms with Crippen LogP contribution in [0, 0.1) is 12.7 Å². The number of amides is 1. The molecule has 3 aromatic heterocycles. The molecule has 0 saturated heterocycles. The summed E-state index contributed by atoms with van der Waals surface area (Å²) in [7, 11) is 1.79. The van der Waals surface area contributed by atoms with Crippen molar-refractivity contribution in [3.63, 3.8) is 0 Å². The smallest absolute Gasteiger partial charge is 0.257 e. The molecular weight excluding hydrogens is 337 g/mol. The van der Waals surface area contributed by atoms with Gasteiger partial charge in [0, 0.05) is 24.3 Å². The van der Waals surface area contributed by atoms with Gasteiger partial charge in [-0.1, -0.05) is 0 Å². The van der Waals surface area contributed by atoms with Crippen LogP contribution in [-0.2, 0) is 7.05 Å². The van der Waals surface area contributed by atoms with E-state index in [2.05, 4.69) is 25.5 Å². The highest BCUT2D eigenvalue weighted by Gasteiger charge is 2.13. The van der Waals surface area contributed by atoms with Crippen LogP contribution in [0.4, 0.5) is 10.1 Å². The van der Waals surface area contributed by atoms with E-state index in [0.717, 1.165) is 11.1 Å². The number of fused-ring (bicyclic) bond motifs is 1. The maximum atomic E-state index is 14.3. The molecule has 0 aliphatic rings. The normalized spacial score (nSPS) is 11.0. The molecule has 0 aliphatic carbocycles. The van der Waals surface area contributed by atoms with E-state index in [9.17, 15) is 9.18 Å². The fourth-order valence-electron chi connectivity index (χ4n) is 2.74. The lowest BCUT2D eigenvalue weighted by molar-refractivity contribution is 0.102. The SMILES string of the molecule is Cc1nn(C)c2ncc(C(=O)Nc3ccc(-n4cncn4)c(F)c3)cc12. The van der Waals surface area contributed by atoms with Gasteiger partial charge in [0.05, 0.1) is 11.3 Å². The number of pyridine rings is 1. The van der Waals surface area contributed by atoms with Crippen LogP contribution in [0.1, 0.15) is 16.1 Å². The third kappa shape index (κ3) is 2.69. The first-order valence-electron chi connectivity index (χ1n) is 7.78. The number of carbonyl (C=O) groups is 1. The van der Waals surface area contributed by atoms with Gasteiger partial charge in [-0.15, -0.1) is 0 Å². The fourth-order valence-corrected chi connectivity index (χ4v) is 2.74. The van der Waals surface area contributed by atoms with E-state index in [1.807, 2.05) is 6.92 Å². The van der Waals surface area contributed by atoms with Crippen LogP contribution >= 0.6 is 0 Å². The third-order valence-electron chi connectivity index (χ3n) is 4.00.